The summed E-state index contributed by atoms with van der Waals surface area (Å²) in [7, 11) is 1.54. The Bertz CT molecular complexity index is 1100. The Labute approximate surface area is 212 Å². The van der Waals surface area contributed by atoms with Crippen molar-refractivity contribution in [3.05, 3.63) is 65.2 Å². The lowest BCUT2D eigenvalue weighted by Crippen LogP contribution is -2.65. The average molecular weight is 496 g/mol. The monoisotopic (exact) mass is 495 g/mol. The summed E-state index contributed by atoms with van der Waals surface area (Å²) in [5, 5.41) is 4.95. The summed E-state index contributed by atoms with van der Waals surface area (Å²) in [5.41, 5.74) is 17.4. The molecule has 0 aromatic heterocycles. The second-order valence-corrected chi connectivity index (χ2v) is 10.6. The normalized spacial score (nSPS) is 28.0. The zero-order chi connectivity index (χ0) is 26.1. The molecule has 0 bridgehead atoms. The fourth-order valence-corrected chi connectivity index (χ4v) is 5.44. The van der Waals surface area contributed by atoms with Gasteiger partial charge in [-0.15, -0.1) is 0 Å². The van der Waals surface area contributed by atoms with Crippen molar-refractivity contribution < 1.29 is 19.1 Å². The summed E-state index contributed by atoms with van der Waals surface area (Å²) >= 11 is 0. The summed E-state index contributed by atoms with van der Waals surface area (Å²) in [5.74, 6) is -0.765. The molecule has 4 unspecified atom stereocenters. The summed E-state index contributed by atoms with van der Waals surface area (Å²) in [4.78, 5) is 25.2. The van der Waals surface area contributed by atoms with Gasteiger partial charge in [-0.05, 0) is 36.6 Å². The third kappa shape index (κ3) is 4.97. The van der Waals surface area contributed by atoms with Crippen LogP contribution in [-0.4, -0.2) is 48.9 Å². The minimum atomic E-state index is -0.975. The Kier molecular flexibility index (Phi) is 7.38. The number of carbonyl (C=O) groups is 2. The highest BCUT2D eigenvalue weighted by molar-refractivity contribution is 5.96. The number of methoxy groups -OCH3 is 1. The summed E-state index contributed by atoms with van der Waals surface area (Å²) in [6.45, 7) is 7.77. The molecule has 2 aromatic carbocycles. The Morgan fingerprint density at radius 3 is 2.50 bits per heavy atom. The van der Waals surface area contributed by atoms with Crippen molar-refractivity contribution >= 4 is 11.8 Å². The number of nitrogens with one attached hydrogen (secondary N) is 2. The van der Waals surface area contributed by atoms with Crippen LogP contribution in [0.1, 0.15) is 54.7 Å². The predicted octanol–water partition coefficient (Wildman–Crippen LogP) is 2.08. The van der Waals surface area contributed by atoms with E-state index in [0.717, 1.165) is 17.5 Å². The zero-order valence-corrected chi connectivity index (χ0v) is 21.4. The van der Waals surface area contributed by atoms with E-state index in [1.807, 2.05) is 42.3 Å². The Balaban J connectivity index is 1.50. The number of ether oxygens (including phenoxy) is 2. The molecule has 2 saturated heterocycles. The molecule has 0 saturated carbocycles. The number of benzene rings is 2. The van der Waals surface area contributed by atoms with Gasteiger partial charge in [0.15, 0.2) is 0 Å². The van der Waals surface area contributed by atoms with E-state index in [0.29, 0.717) is 31.1 Å². The molecule has 194 valence electrons. The molecule has 0 aliphatic carbocycles. The number of hydrazine groups is 1. The Morgan fingerprint density at radius 1 is 1.17 bits per heavy atom. The lowest BCUT2D eigenvalue weighted by molar-refractivity contribution is -0.128. The molecule has 0 spiro atoms. The number of nitrogens with zero attached hydrogens (tertiary/aromatic N) is 1. The largest absolute Gasteiger partial charge is 0.496 e. The first-order chi connectivity index (χ1) is 17.1. The van der Waals surface area contributed by atoms with Crippen molar-refractivity contribution in [2.75, 3.05) is 20.3 Å². The van der Waals surface area contributed by atoms with Gasteiger partial charge in [0.2, 0.25) is 5.91 Å². The van der Waals surface area contributed by atoms with Crippen LogP contribution in [0.4, 0.5) is 0 Å². The predicted molar refractivity (Wildman–Crippen MR) is 137 cm³/mol. The van der Waals surface area contributed by atoms with Gasteiger partial charge in [0, 0.05) is 24.6 Å². The first kappa shape index (κ1) is 26.1. The van der Waals surface area contributed by atoms with Crippen LogP contribution in [0.3, 0.4) is 0 Å². The van der Waals surface area contributed by atoms with Crippen molar-refractivity contribution in [2.24, 2.45) is 22.8 Å². The summed E-state index contributed by atoms with van der Waals surface area (Å²) in [6, 6.07) is 14.6. The first-order valence-electron chi connectivity index (χ1n) is 12.3. The van der Waals surface area contributed by atoms with E-state index in [4.69, 9.17) is 20.9 Å². The van der Waals surface area contributed by atoms with E-state index in [1.54, 1.807) is 18.2 Å². The van der Waals surface area contributed by atoms with E-state index >= 15 is 0 Å². The van der Waals surface area contributed by atoms with E-state index in [-0.39, 0.29) is 23.4 Å². The van der Waals surface area contributed by atoms with Gasteiger partial charge in [-0.1, -0.05) is 50.2 Å². The number of nitrogens with two attached hydrogens (primary N) is 2. The van der Waals surface area contributed by atoms with Crippen LogP contribution in [0, 0.1) is 11.3 Å². The van der Waals surface area contributed by atoms with Crippen molar-refractivity contribution in [3.8, 4) is 5.75 Å². The lowest BCUT2D eigenvalue weighted by atomic mass is 9.79. The van der Waals surface area contributed by atoms with Crippen LogP contribution in [0.2, 0.25) is 0 Å². The quantitative estimate of drug-likeness (QED) is 0.462. The van der Waals surface area contributed by atoms with E-state index in [1.165, 1.54) is 7.11 Å². The third-order valence-corrected chi connectivity index (χ3v) is 7.43. The van der Waals surface area contributed by atoms with E-state index in [2.05, 4.69) is 24.6 Å². The fraction of sp³-hybridized carbons (Fsp3) is 0.481. The number of amides is 2. The minimum absolute atomic E-state index is 0.0811. The van der Waals surface area contributed by atoms with Crippen molar-refractivity contribution in [1.82, 2.24) is 15.8 Å². The molecule has 6 N–H and O–H groups in total. The highest BCUT2D eigenvalue weighted by atomic mass is 16.5. The van der Waals surface area contributed by atoms with Gasteiger partial charge in [0.1, 0.15) is 5.75 Å². The van der Waals surface area contributed by atoms with Crippen LogP contribution in [-0.2, 0) is 16.1 Å². The van der Waals surface area contributed by atoms with E-state index < -0.39 is 17.5 Å². The molecule has 2 heterocycles. The van der Waals surface area contributed by atoms with Crippen LogP contribution < -0.4 is 26.9 Å². The van der Waals surface area contributed by atoms with Crippen LogP contribution in [0.5, 0.6) is 5.75 Å². The lowest BCUT2D eigenvalue weighted by Gasteiger charge is -2.48. The molecule has 36 heavy (non-hydrogen) atoms. The summed E-state index contributed by atoms with van der Waals surface area (Å²) < 4.78 is 11.0. The number of carbonyl (C=O) groups excluding carboxylic acids is 2. The summed E-state index contributed by atoms with van der Waals surface area (Å²) in [6.07, 6.45) is 0.801. The molecule has 2 aromatic rings. The first-order valence-corrected chi connectivity index (χ1v) is 12.3. The maximum absolute atomic E-state index is 12.6. The second-order valence-electron chi connectivity index (χ2n) is 10.6. The van der Waals surface area contributed by atoms with Gasteiger partial charge in [-0.2, -0.15) is 0 Å². The standard InChI is InChI=1S/C27H37N5O4/c1-26(2)16-36-14-13-21(26)32-27(3,29)22(24(28)33)23(31-32)18-11-9-17(10-12-18)15-30-25(34)19-7-5-6-8-20(19)35-4/h5-12,21-23,31H,13-16,29H2,1-4H3,(H2,28,33)(H,30,34). The molecule has 2 aliphatic rings. The van der Waals surface area contributed by atoms with Crippen LogP contribution in [0.15, 0.2) is 48.5 Å². The minimum Gasteiger partial charge on any atom is -0.496 e. The molecule has 4 rings (SSSR count). The highest BCUT2D eigenvalue weighted by Gasteiger charge is 2.56. The van der Waals surface area contributed by atoms with Gasteiger partial charge in [0.05, 0.1) is 36.9 Å². The van der Waals surface area contributed by atoms with Gasteiger partial charge in [0.25, 0.3) is 5.91 Å². The SMILES string of the molecule is COc1ccccc1C(=O)NCc1ccc(C2NN(C3CCOCC3(C)C)C(C)(N)C2C(N)=O)cc1. The molecule has 9 heteroatoms. The van der Waals surface area contributed by atoms with Crippen molar-refractivity contribution in [2.45, 2.75) is 51.5 Å². The van der Waals surface area contributed by atoms with Crippen LogP contribution >= 0.6 is 0 Å². The van der Waals surface area contributed by atoms with Gasteiger partial charge >= 0.3 is 0 Å². The van der Waals surface area contributed by atoms with Crippen LogP contribution in [0.25, 0.3) is 0 Å². The maximum atomic E-state index is 12.6. The molecule has 2 amide bonds. The molecule has 0 radical (unpaired) electrons. The second kappa shape index (κ2) is 10.2. The highest BCUT2D eigenvalue weighted by Crippen LogP contribution is 2.43. The number of para-hydroxylation sites is 1. The van der Waals surface area contributed by atoms with Gasteiger partial charge < -0.3 is 26.3 Å². The molecule has 4 atom stereocenters. The molecule has 9 nitrogen and oxygen atoms in total. The average Bonchev–Trinajstić information content (AvgIpc) is 3.13. The van der Waals surface area contributed by atoms with Gasteiger partial charge in [-0.25, -0.2) is 10.4 Å². The molecule has 2 fully saturated rings. The number of primary amides is 1. The molecular formula is C27H37N5O4. The van der Waals surface area contributed by atoms with Gasteiger partial charge in [-0.3, -0.25) is 9.59 Å². The molecule has 2 aliphatic heterocycles. The smallest absolute Gasteiger partial charge is 0.255 e. The Hall–Kier alpha value is -2.98. The number of hydrogen-bond donors (Lipinski definition) is 4. The molecular weight excluding hydrogens is 458 g/mol. The fourth-order valence-electron chi connectivity index (χ4n) is 5.44. The third-order valence-electron chi connectivity index (χ3n) is 7.43. The van der Waals surface area contributed by atoms with Crippen molar-refractivity contribution in [1.29, 1.82) is 0 Å². The zero-order valence-electron chi connectivity index (χ0n) is 21.4. The Morgan fingerprint density at radius 2 is 1.86 bits per heavy atom. The topological polar surface area (TPSA) is 132 Å². The van der Waals surface area contributed by atoms with Crippen molar-refractivity contribution in [3.63, 3.8) is 0 Å². The number of rotatable bonds is 7. The van der Waals surface area contributed by atoms with E-state index in [9.17, 15) is 9.59 Å². The maximum Gasteiger partial charge on any atom is 0.255 e. The number of hydrogen-bond acceptors (Lipinski definition) is 7.